The number of ether oxygens (including phenoxy) is 2. The third-order valence-electron chi connectivity index (χ3n) is 5.73. The Bertz CT molecular complexity index is 1190. The van der Waals surface area contributed by atoms with Gasteiger partial charge in [0, 0.05) is 23.4 Å². The van der Waals surface area contributed by atoms with E-state index in [1.165, 1.54) is 18.4 Å². The summed E-state index contributed by atoms with van der Waals surface area (Å²) in [5, 5.41) is 4.86. The van der Waals surface area contributed by atoms with E-state index in [4.69, 9.17) is 14.6 Å². The van der Waals surface area contributed by atoms with Gasteiger partial charge in [0.05, 0.1) is 24.6 Å². The first-order valence-electron chi connectivity index (χ1n) is 10.5. The van der Waals surface area contributed by atoms with E-state index >= 15 is 0 Å². The Morgan fingerprint density at radius 1 is 0.933 bits per heavy atom. The Kier molecular flexibility index (Phi) is 4.87. The molecule has 30 heavy (non-hydrogen) atoms. The summed E-state index contributed by atoms with van der Waals surface area (Å²) in [7, 11) is 1.68. The second-order valence-corrected chi connectivity index (χ2v) is 7.89. The largest absolute Gasteiger partial charge is 0.493 e. The summed E-state index contributed by atoms with van der Waals surface area (Å²) in [4.78, 5) is 4.52. The normalized spacial score (nSPS) is 14.3. The summed E-state index contributed by atoms with van der Waals surface area (Å²) in [6, 6.07) is 18.4. The number of hydrogen-bond acceptors (Lipinski definition) is 4. The average Bonchev–Trinajstić information content (AvgIpc) is 3.43. The summed E-state index contributed by atoms with van der Waals surface area (Å²) < 4.78 is 13.7. The van der Waals surface area contributed by atoms with Crippen LogP contribution in [0, 0.1) is 6.92 Å². The van der Waals surface area contributed by atoms with Gasteiger partial charge >= 0.3 is 0 Å². The van der Waals surface area contributed by atoms with Crippen LogP contribution in [0.1, 0.15) is 31.2 Å². The van der Waals surface area contributed by atoms with Crippen LogP contribution in [0.25, 0.3) is 28.2 Å². The standard InChI is InChI=1S/C25H25N3O2/c1-17-6-5-7-18(14-17)21-16-25-26-13-12-22(28(25)27-21)19-10-11-23(29-2)24(15-19)30-20-8-3-4-9-20/h5-7,10-16,20H,3-4,8-9H2,1-2H3. The minimum absolute atomic E-state index is 0.268. The number of methoxy groups -OCH3 is 1. The first-order valence-corrected chi connectivity index (χ1v) is 10.5. The summed E-state index contributed by atoms with van der Waals surface area (Å²) in [6.07, 6.45) is 6.76. The van der Waals surface area contributed by atoms with Crippen molar-refractivity contribution in [2.45, 2.75) is 38.7 Å². The van der Waals surface area contributed by atoms with Gasteiger partial charge < -0.3 is 9.47 Å². The first kappa shape index (κ1) is 18.7. The van der Waals surface area contributed by atoms with Gasteiger partial charge in [0.1, 0.15) is 0 Å². The lowest BCUT2D eigenvalue weighted by molar-refractivity contribution is 0.201. The Morgan fingerprint density at radius 3 is 2.60 bits per heavy atom. The number of nitrogens with zero attached hydrogens (tertiary/aromatic N) is 3. The molecule has 5 rings (SSSR count). The van der Waals surface area contributed by atoms with Crippen LogP contribution in [0.15, 0.2) is 60.8 Å². The molecule has 4 aromatic rings. The lowest BCUT2D eigenvalue weighted by Gasteiger charge is -2.17. The summed E-state index contributed by atoms with van der Waals surface area (Å²) in [5.74, 6) is 1.55. The molecule has 0 N–H and O–H groups in total. The Balaban J connectivity index is 1.57. The maximum Gasteiger partial charge on any atom is 0.162 e. The van der Waals surface area contributed by atoms with E-state index < -0.39 is 0 Å². The van der Waals surface area contributed by atoms with Crippen LogP contribution < -0.4 is 9.47 Å². The zero-order chi connectivity index (χ0) is 20.5. The highest BCUT2D eigenvalue weighted by Gasteiger charge is 2.19. The van der Waals surface area contributed by atoms with Gasteiger partial charge in [-0.05, 0) is 62.9 Å². The minimum Gasteiger partial charge on any atom is -0.493 e. The van der Waals surface area contributed by atoms with Crippen molar-refractivity contribution in [2.75, 3.05) is 7.11 Å². The van der Waals surface area contributed by atoms with Crippen molar-refractivity contribution in [1.29, 1.82) is 0 Å². The molecule has 1 aliphatic rings. The number of fused-ring (bicyclic) bond motifs is 1. The average molecular weight is 399 g/mol. The molecule has 152 valence electrons. The van der Waals surface area contributed by atoms with Crippen LogP contribution in [0.2, 0.25) is 0 Å². The predicted octanol–water partition coefficient (Wildman–Crippen LogP) is 5.70. The molecule has 0 saturated heterocycles. The molecular weight excluding hydrogens is 374 g/mol. The number of hydrogen-bond donors (Lipinski definition) is 0. The molecule has 0 spiro atoms. The molecule has 0 atom stereocenters. The maximum absolute atomic E-state index is 6.29. The Hall–Kier alpha value is -3.34. The van der Waals surface area contributed by atoms with Gasteiger partial charge in [-0.1, -0.05) is 23.8 Å². The van der Waals surface area contributed by atoms with Crippen molar-refractivity contribution in [3.8, 4) is 34.0 Å². The van der Waals surface area contributed by atoms with Gasteiger partial charge in [-0.15, -0.1) is 0 Å². The number of rotatable bonds is 5. The Morgan fingerprint density at radius 2 is 1.80 bits per heavy atom. The van der Waals surface area contributed by atoms with Gasteiger partial charge in [-0.25, -0.2) is 9.50 Å². The monoisotopic (exact) mass is 399 g/mol. The smallest absolute Gasteiger partial charge is 0.162 e. The fraction of sp³-hybridized carbons (Fsp3) is 0.280. The SMILES string of the molecule is COc1ccc(-c2ccnc3cc(-c4cccc(C)c4)nn23)cc1OC1CCCC1. The van der Waals surface area contributed by atoms with E-state index in [9.17, 15) is 0 Å². The van der Waals surface area contributed by atoms with Crippen LogP contribution in [-0.2, 0) is 0 Å². The molecule has 2 heterocycles. The minimum atomic E-state index is 0.268. The molecule has 0 bridgehead atoms. The van der Waals surface area contributed by atoms with Crippen LogP contribution in [0.5, 0.6) is 11.5 Å². The van der Waals surface area contributed by atoms with Crippen LogP contribution >= 0.6 is 0 Å². The van der Waals surface area contributed by atoms with Gasteiger partial charge in [-0.3, -0.25) is 0 Å². The molecule has 5 nitrogen and oxygen atoms in total. The lowest BCUT2D eigenvalue weighted by atomic mass is 10.1. The van der Waals surface area contributed by atoms with E-state index in [-0.39, 0.29) is 6.10 Å². The molecule has 0 aliphatic heterocycles. The van der Waals surface area contributed by atoms with E-state index in [0.29, 0.717) is 0 Å². The second kappa shape index (κ2) is 7.82. The third-order valence-corrected chi connectivity index (χ3v) is 5.73. The van der Waals surface area contributed by atoms with Crippen molar-refractivity contribution < 1.29 is 9.47 Å². The number of aromatic nitrogens is 3. The molecular formula is C25H25N3O2. The third kappa shape index (κ3) is 3.52. The maximum atomic E-state index is 6.29. The van der Waals surface area contributed by atoms with Crippen molar-refractivity contribution in [3.05, 3.63) is 66.4 Å². The molecule has 1 aliphatic carbocycles. The topological polar surface area (TPSA) is 48.7 Å². The van der Waals surface area contributed by atoms with Gasteiger partial charge in [0.15, 0.2) is 17.1 Å². The van der Waals surface area contributed by atoms with E-state index in [0.717, 1.165) is 52.5 Å². The molecule has 1 saturated carbocycles. The number of benzene rings is 2. The highest BCUT2D eigenvalue weighted by molar-refractivity contribution is 5.70. The molecule has 0 unspecified atom stereocenters. The first-order chi connectivity index (χ1) is 14.7. The van der Waals surface area contributed by atoms with Crippen LogP contribution in [0.4, 0.5) is 0 Å². The van der Waals surface area contributed by atoms with Gasteiger partial charge in [0.25, 0.3) is 0 Å². The van der Waals surface area contributed by atoms with Crippen LogP contribution in [-0.4, -0.2) is 27.8 Å². The summed E-state index contributed by atoms with van der Waals surface area (Å²) in [5.41, 5.74) is 6.02. The fourth-order valence-corrected chi connectivity index (χ4v) is 4.17. The summed E-state index contributed by atoms with van der Waals surface area (Å²) >= 11 is 0. The van der Waals surface area contributed by atoms with E-state index in [1.54, 1.807) is 7.11 Å². The highest BCUT2D eigenvalue weighted by Crippen LogP contribution is 2.35. The second-order valence-electron chi connectivity index (χ2n) is 7.89. The molecule has 5 heteroatoms. The molecule has 2 aromatic heterocycles. The van der Waals surface area contributed by atoms with Crippen LogP contribution in [0.3, 0.4) is 0 Å². The Labute approximate surface area is 176 Å². The van der Waals surface area contributed by atoms with Crippen molar-refractivity contribution >= 4 is 5.65 Å². The molecule has 2 aromatic carbocycles. The van der Waals surface area contributed by atoms with Gasteiger partial charge in [-0.2, -0.15) is 5.10 Å². The van der Waals surface area contributed by atoms with Crippen molar-refractivity contribution in [2.24, 2.45) is 0 Å². The lowest BCUT2D eigenvalue weighted by Crippen LogP contribution is -2.11. The molecule has 0 radical (unpaired) electrons. The van der Waals surface area contributed by atoms with E-state index in [1.807, 2.05) is 35.0 Å². The molecule has 1 fully saturated rings. The number of aryl methyl sites for hydroxylation is 1. The summed E-state index contributed by atoms with van der Waals surface area (Å²) in [6.45, 7) is 2.09. The highest BCUT2D eigenvalue weighted by atomic mass is 16.5. The zero-order valence-corrected chi connectivity index (χ0v) is 17.3. The zero-order valence-electron chi connectivity index (χ0n) is 17.3. The van der Waals surface area contributed by atoms with Crippen molar-refractivity contribution in [1.82, 2.24) is 14.6 Å². The fourth-order valence-electron chi connectivity index (χ4n) is 4.17. The van der Waals surface area contributed by atoms with Crippen molar-refractivity contribution in [3.63, 3.8) is 0 Å². The predicted molar refractivity (Wildman–Crippen MR) is 118 cm³/mol. The molecule has 0 amide bonds. The van der Waals surface area contributed by atoms with E-state index in [2.05, 4.69) is 42.2 Å². The quantitative estimate of drug-likeness (QED) is 0.432. The van der Waals surface area contributed by atoms with Gasteiger partial charge in [0.2, 0.25) is 0 Å².